The van der Waals surface area contributed by atoms with Crippen LogP contribution in [0.3, 0.4) is 0 Å². The number of aryl methyl sites for hydroxylation is 1. The van der Waals surface area contributed by atoms with Crippen LogP contribution in [-0.2, 0) is 11.3 Å². The minimum Gasteiger partial charge on any atom is -0.485 e. The number of unbranched alkanes of at least 4 members (excludes halogenated alkanes) is 5. The van der Waals surface area contributed by atoms with Crippen molar-refractivity contribution < 1.29 is 14.3 Å². The summed E-state index contributed by atoms with van der Waals surface area (Å²) in [4.78, 5) is 25.3. The summed E-state index contributed by atoms with van der Waals surface area (Å²) in [5.74, 6) is -0.328. The molecule has 35 heavy (non-hydrogen) atoms. The third-order valence-corrected chi connectivity index (χ3v) is 5.93. The monoisotopic (exact) mass is 482 g/mol. The van der Waals surface area contributed by atoms with Crippen molar-refractivity contribution in [2.75, 3.05) is 12.3 Å². The third kappa shape index (κ3) is 8.93. The Hall–Kier alpha value is -3.02. The largest absolute Gasteiger partial charge is 0.485 e. The van der Waals surface area contributed by atoms with E-state index >= 15 is 0 Å². The summed E-state index contributed by atoms with van der Waals surface area (Å²) in [6.45, 7) is 10.5. The average molecular weight is 483 g/mol. The fourth-order valence-corrected chi connectivity index (χ4v) is 4.02. The van der Waals surface area contributed by atoms with Crippen molar-refractivity contribution in [1.29, 1.82) is 0 Å². The van der Waals surface area contributed by atoms with Crippen LogP contribution < -0.4 is 20.8 Å². The molecule has 2 rings (SSSR count). The van der Waals surface area contributed by atoms with Gasteiger partial charge in [0, 0.05) is 24.5 Å². The van der Waals surface area contributed by atoms with Gasteiger partial charge in [-0.25, -0.2) is 0 Å². The first-order valence-electron chi connectivity index (χ1n) is 12.8. The zero-order valence-electron chi connectivity index (χ0n) is 22.1. The highest BCUT2D eigenvalue weighted by atomic mass is 16.6. The predicted octanol–water partition coefficient (Wildman–Crippen LogP) is 6.94. The zero-order chi connectivity index (χ0) is 25.8. The lowest BCUT2D eigenvalue weighted by Gasteiger charge is -2.18. The second-order valence-electron chi connectivity index (χ2n) is 9.43. The smallest absolute Gasteiger partial charge is 0.308 e. The maximum atomic E-state index is 13.5. The highest BCUT2D eigenvalue weighted by Gasteiger charge is 2.21. The topological polar surface area (TPSA) is 83.5 Å². The lowest BCUT2D eigenvalue weighted by Crippen LogP contribution is -2.25. The third-order valence-electron chi connectivity index (χ3n) is 5.93. The molecule has 0 spiro atoms. The van der Waals surface area contributed by atoms with E-state index in [2.05, 4.69) is 33.8 Å². The van der Waals surface area contributed by atoms with Crippen molar-refractivity contribution in [2.24, 2.45) is 0 Å². The van der Waals surface area contributed by atoms with Crippen LogP contribution in [0.4, 0.5) is 5.69 Å². The summed E-state index contributed by atoms with van der Waals surface area (Å²) in [5, 5.41) is 0.705. The van der Waals surface area contributed by atoms with Crippen molar-refractivity contribution in [3.8, 4) is 11.5 Å². The number of nitrogen functional groups attached to an aromatic ring is 1. The fourth-order valence-electron chi connectivity index (χ4n) is 4.02. The van der Waals surface area contributed by atoms with Gasteiger partial charge in [0.25, 0.3) is 5.56 Å². The normalized spacial score (nSPS) is 11.5. The molecule has 6 nitrogen and oxygen atoms in total. The molecular formula is C29H42N2O4. The van der Waals surface area contributed by atoms with E-state index in [1.807, 2.05) is 12.1 Å². The number of ether oxygens (including phenoxy) is 2. The van der Waals surface area contributed by atoms with E-state index in [1.165, 1.54) is 37.3 Å². The second kappa shape index (κ2) is 14.4. The molecule has 2 aromatic rings. The standard InChI is InChI=1S/C29H42N2O4/c1-6-7-8-9-10-11-18-31-26-20-24(30)15-16-25(26)27(28(29(31)33)35-23(5)32)34-19-17-22(4)14-12-13-21(2)3/h13,15-17,20H,6-12,14,18-19,30H2,1-5H3. The van der Waals surface area contributed by atoms with Gasteiger partial charge in [-0.2, -0.15) is 0 Å². The van der Waals surface area contributed by atoms with Gasteiger partial charge in [-0.1, -0.05) is 56.3 Å². The second-order valence-corrected chi connectivity index (χ2v) is 9.43. The van der Waals surface area contributed by atoms with Crippen molar-refractivity contribution in [2.45, 2.75) is 92.5 Å². The number of aromatic nitrogens is 1. The molecule has 1 aromatic carbocycles. The van der Waals surface area contributed by atoms with Gasteiger partial charge in [-0.05, 0) is 64.3 Å². The Labute approximate surface area is 209 Å². The lowest BCUT2D eigenvalue weighted by molar-refractivity contribution is -0.132. The molecule has 192 valence electrons. The molecule has 0 aliphatic rings. The highest BCUT2D eigenvalue weighted by Crippen LogP contribution is 2.34. The van der Waals surface area contributed by atoms with Gasteiger partial charge >= 0.3 is 5.97 Å². The number of nitrogens with two attached hydrogens (primary N) is 1. The molecule has 0 atom stereocenters. The van der Waals surface area contributed by atoms with Crippen molar-refractivity contribution >= 4 is 22.6 Å². The maximum Gasteiger partial charge on any atom is 0.308 e. The van der Waals surface area contributed by atoms with Crippen LogP contribution in [0.15, 0.2) is 46.3 Å². The van der Waals surface area contributed by atoms with Gasteiger partial charge in [0.05, 0.1) is 5.52 Å². The SMILES string of the molecule is CCCCCCCCn1c(=O)c(OC(C)=O)c(OCC=C(C)CCC=C(C)C)c2ccc(N)cc21. The quantitative estimate of drug-likeness (QED) is 0.136. The van der Waals surface area contributed by atoms with E-state index in [0.29, 0.717) is 23.1 Å². The summed E-state index contributed by atoms with van der Waals surface area (Å²) in [6, 6.07) is 5.39. The first-order chi connectivity index (χ1) is 16.7. The molecular weight excluding hydrogens is 440 g/mol. The number of nitrogens with zero attached hydrogens (tertiary/aromatic N) is 1. The molecule has 0 saturated heterocycles. The van der Waals surface area contributed by atoms with Crippen LogP contribution in [0.5, 0.6) is 11.5 Å². The molecule has 0 unspecified atom stereocenters. The number of allylic oxidation sites excluding steroid dienone is 3. The Morgan fingerprint density at radius 3 is 2.40 bits per heavy atom. The van der Waals surface area contributed by atoms with Gasteiger partial charge in [0.15, 0.2) is 5.75 Å². The average Bonchev–Trinajstić information content (AvgIpc) is 2.79. The number of hydrogen-bond acceptors (Lipinski definition) is 5. The Balaban J connectivity index is 2.37. The van der Waals surface area contributed by atoms with Crippen LogP contribution in [0.25, 0.3) is 10.9 Å². The molecule has 0 saturated carbocycles. The van der Waals surface area contributed by atoms with E-state index in [9.17, 15) is 9.59 Å². The van der Waals surface area contributed by atoms with Crippen LogP contribution in [0.2, 0.25) is 0 Å². The van der Waals surface area contributed by atoms with Crippen molar-refractivity contribution in [3.05, 3.63) is 51.9 Å². The lowest BCUT2D eigenvalue weighted by atomic mass is 10.1. The van der Waals surface area contributed by atoms with E-state index in [-0.39, 0.29) is 23.7 Å². The molecule has 1 heterocycles. The van der Waals surface area contributed by atoms with E-state index in [0.717, 1.165) is 32.1 Å². The maximum absolute atomic E-state index is 13.5. The summed E-state index contributed by atoms with van der Waals surface area (Å²) in [6.07, 6.45) is 12.8. The van der Waals surface area contributed by atoms with E-state index in [1.54, 1.807) is 16.7 Å². The van der Waals surface area contributed by atoms with Crippen molar-refractivity contribution in [1.82, 2.24) is 4.57 Å². The van der Waals surface area contributed by atoms with Gasteiger partial charge in [-0.15, -0.1) is 0 Å². The highest BCUT2D eigenvalue weighted by molar-refractivity contribution is 5.91. The number of hydrogen-bond donors (Lipinski definition) is 1. The zero-order valence-corrected chi connectivity index (χ0v) is 22.1. The van der Waals surface area contributed by atoms with Gasteiger partial charge < -0.3 is 19.8 Å². The van der Waals surface area contributed by atoms with Crippen LogP contribution in [-0.4, -0.2) is 17.1 Å². The summed E-state index contributed by atoms with van der Waals surface area (Å²) in [5.41, 5.74) is 9.46. The van der Waals surface area contributed by atoms with Crippen LogP contribution in [0.1, 0.15) is 86.0 Å². The molecule has 0 aliphatic heterocycles. The molecule has 6 heteroatoms. The van der Waals surface area contributed by atoms with E-state index < -0.39 is 5.97 Å². The minimum absolute atomic E-state index is 0.0589. The fraction of sp³-hybridized carbons (Fsp3) is 0.517. The summed E-state index contributed by atoms with van der Waals surface area (Å²) >= 11 is 0. The Morgan fingerprint density at radius 2 is 1.71 bits per heavy atom. The Bertz CT molecular complexity index is 1110. The first kappa shape index (κ1) is 28.2. The number of benzene rings is 1. The van der Waals surface area contributed by atoms with Crippen molar-refractivity contribution in [3.63, 3.8) is 0 Å². The molecule has 0 radical (unpaired) electrons. The Kier molecular flexibility index (Phi) is 11.6. The predicted molar refractivity (Wildman–Crippen MR) is 145 cm³/mol. The van der Waals surface area contributed by atoms with E-state index in [4.69, 9.17) is 15.2 Å². The number of anilines is 1. The molecule has 0 amide bonds. The number of carbonyl (C=O) groups excluding carboxylic acids is 1. The number of esters is 1. The molecule has 2 N–H and O–H groups in total. The van der Waals surface area contributed by atoms with Gasteiger partial charge in [0.1, 0.15) is 6.61 Å². The summed E-state index contributed by atoms with van der Waals surface area (Å²) < 4.78 is 13.1. The van der Waals surface area contributed by atoms with Crippen LogP contribution in [0, 0.1) is 0 Å². The Morgan fingerprint density at radius 1 is 1.00 bits per heavy atom. The number of rotatable bonds is 14. The van der Waals surface area contributed by atoms with Gasteiger partial charge in [-0.3, -0.25) is 9.59 Å². The number of carbonyl (C=O) groups is 1. The number of pyridine rings is 1. The number of fused-ring (bicyclic) bond motifs is 1. The molecule has 0 aliphatic carbocycles. The summed E-state index contributed by atoms with van der Waals surface area (Å²) in [7, 11) is 0. The van der Waals surface area contributed by atoms with Crippen LogP contribution >= 0.6 is 0 Å². The molecule has 0 bridgehead atoms. The van der Waals surface area contributed by atoms with Gasteiger partial charge in [0.2, 0.25) is 5.75 Å². The molecule has 1 aromatic heterocycles. The minimum atomic E-state index is -0.554. The first-order valence-corrected chi connectivity index (χ1v) is 12.8. The molecule has 0 fully saturated rings.